The molecule has 0 fully saturated rings. The number of nitrogens with zero attached hydrogens (tertiary/aromatic N) is 1. The smallest absolute Gasteiger partial charge is 0.196 e. The Labute approximate surface area is 159 Å². The van der Waals surface area contributed by atoms with Gasteiger partial charge in [-0.15, -0.1) is 11.3 Å². The number of thiazole rings is 1. The number of carbonyl (C=O) groups is 2. The van der Waals surface area contributed by atoms with Crippen LogP contribution in [0.2, 0.25) is 0 Å². The maximum atomic E-state index is 13.1. The fourth-order valence-electron chi connectivity index (χ4n) is 3.39. The van der Waals surface area contributed by atoms with Crippen molar-refractivity contribution in [2.75, 3.05) is 0 Å². The molecule has 5 rings (SSSR count). The maximum absolute atomic E-state index is 13.1. The van der Waals surface area contributed by atoms with Crippen LogP contribution in [0.15, 0.2) is 66.7 Å². The highest BCUT2D eigenvalue weighted by Gasteiger charge is 2.31. The van der Waals surface area contributed by atoms with Crippen LogP contribution in [-0.2, 0) is 0 Å². The SMILES string of the molecule is O=C1c2ccccc2C(=O)c2c1ccc1sc(C=Cc3ccccc3)nc21. The first-order valence-corrected chi connectivity index (χ1v) is 9.39. The Morgan fingerprint density at radius 3 is 2.19 bits per heavy atom. The van der Waals surface area contributed by atoms with E-state index in [4.69, 9.17) is 0 Å². The highest BCUT2D eigenvalue weighted by Crippen LogP contribution is 2.34. The Morgan fingerprint density at radius 2 is 1.41 bits per heavy atom. The molecule has 1 aliphatic rings. The number of rotatable bonds is 2. The van der Waals surface area contributed by atoms with E-state index in [2.05, 4.69) is 4.98 Å². The predicted molar refractivity (Wildman–Crippen MR) is 108 cm³/mol. The summed E-state index contributed by atoms with van der Waals surface area (Å²) >= 11 is 1.51. The lowest BCUT2D eigenvalue weighted by molar-refractivity contribution is 0.0980. The first-order chi connectivity index (χ1) is 13.2. The molecule has 1 aromatic heterocycles. The molecule has 0 amide bonds. The van der Waals surface area contributed by atoms with Crippen molar-refractivity contribution in [1.29, 1.82) is 0 Å². The molecular formula is C23H13NO2S. The Balaban J connectivity index is 1.64. The van der Waals surface area contributed by atoms with Crippen LogP contribution in [0, 0.1) is 0 Å². The van der Waals surface area contributed by atoms with Gasteiger partial charge in [0, 0.05) is 16.7 Å². The molecule has 0 bridgehead atoms. The van der Waals surface area contributed by atoms with Gasteiger partial charge in [-0.1, -0.05) is 60.7 Å². The van der Waals surface area contributed by atoms with Crippen molar-refractivity contribution in [2.24, 2.45) is 0 Å². The Hall–Kier alpha value is -3.37. The second-order valence-electron chi connectivity index (χ2n) is 6.33. The largest absolute Gasteiger partial charge is 0.289 e. The second kappa shape index (κ2) is 6.11. The van der Waals surface area contributed by atoms with Gasteiger partial charge >= 0.3 is 0 Å². The summed E-state index contributed by atoms with van der Waals surface area (Å²) in [5.74, 6) is -0.244. The molecule has 4 heteroatoms. The van der Waals surface area contributed by atoms with Gasteiger partial charge in [-0.3, -0.25) is 9.59 Å². The molecule has 0 N–H and O–H groups in total. The number of carbonyl (C=O) groups excluding carboxylic acids is 2. The van der Waals surface area contributed by atoms with E-state index in [9.17, 15) is 9.59 Å². The standard InChI is InChI=1S/C23H13NO2S/c25-22-15-8-4-5-9-16(15)23(26)20-17(22)11-12-18-21(20)24-19(27-18)13-10-14-6-2-1-3-7-14/h1-13H. The average molecular weight is 367 g/mol. The lowest BCUT2D eigenvalue weighted by Crippen LogP contribution is -2.21. The minimum Gasteiger partial charge on any atom is -0.289 e. The van der Waals surface area contributed by atoms with Gasteiger partial charge in [0.15, 0.2) is 11.6 Å². The van der Waals surface area contributed by atoms with Gasteiger partial charge in [-0.25, -0.2) is 4.98 Å². The summed E-state index contributed by atoms with van der Waals surface area (Å²) in [5, 5.41) is 0.807. The van der Waals surface area contributed by atoms with Gasteiger partial charge < -0.3 is 0 Å². The maximum Gasteiger partial charge on any atom is 0.196 e. The minimum atomic E-state index is -0.130. The summed E-state index contributed by atoms with van der Waals surface area (Å²) in [6.07, 6.45) is 3.93. The van der Waals surface area contributed by atoms with Crippen LogP contribution in [0.1, 0.15) is 42.4 Å². The second-order valence-corrected chi connectivity index (χ2v) is 7.40. The van der Waals surface area contributed by atoms with Crippen molar-refractivity contribution in [3.63, 3.8) is 0 Å². The summed E-state index contributed by atoms with van der Waals surface area (Å²) in [4.78, 5) is 30.5. The molecule has 0 radical (unpaired) electrons. The van der Waals surface area contributed by atoms with Gasteiger partial charge in [-0.2, -0.15) is 0 Å². The van der Waals surface area contributed by atoms with Gasteiger partial charge in [0.2, 0.25) is 0 Å². The zero-order valence-electron chi connectivity index (χ0n) is 14.2. The predicted octanol–water partition coefficient (Wildman–Crippen LogP) is 5.24. The summed E-state index contributed by atoms with van der Waals surface area (Å²) in [6.45, 7) is 0. The Bertz CT molecular complexity index is 1250. The topological polar surface area (TPSA) is 47.0 Å². The zero-order chi connectivity index (χ0) is 18.4. The van der Waals surface area contributed by atoms with Crippen molar-refractivity contribution in [2.45, 2.75) is 0 Å². The molecule has 0 spiro atoms. The molecule has 1 heterocycles. The van der Waals surface area contributed by atoms with Crippen LogP contribution in [0.25, 0.3) is 22.4 Å². The van der Waals surface area contributed by atoms with E-state index < -0.39 is 0 Å². The fraction of sp³-hybridized carbons (Fsp3) is 0. The summed E-state index contributed by atoms with van der Waals surface area (Å²) < 4.78 is 0.905. The highest BCUT2D eigenvalue weighted by atomic mass is 32.1. The number of benzene rings is 3. The van der Waals surface area contributed by atoms with E-state index in [1.165, 1.54) is 11.3 Å². The number of hydrogen-bond acceptors (Lipinski definition) is 4. The third-order valence-electron chi connectivity index (χ3n) is 4.68. The van der Waals surface area contributed by atoms with Gasteiger partial charge in [-0.05, 0) is 23.8 Å². The van der Waals surface area contributed by atoms with E-state index in [0.717, 1.165) is 15.3 Å². The van der Waals surface area contributed by atoms with Gasteiger partial charge in [0.1, 0.15) is 5.01 Å². The number of ketones is 2. The highest BCUT2D eigenvalue weighted by molar-refractivity contribution is 7.19. The molecule has 0 atom stereocenters. The molecule has 3 aromatic carbocycles. The van der Waals surface area contributed by atoms with Crippen LogP contribution < -0.4 is 0 Å². The number of aromatic nitrogens is 1. The third-order valence-corrected chi connectivity index (χ3v) is 5.67. The molecule has 128 valence electrons. The molecular weight excluding hydrogens is 354 g/mol. The quantitative estimate of drug-likeness (QED) is 0.428. The van der Waals surface area contributed by atoms with Crippen LogP contribution in [-0.4, -0.2) is 16.6 Å². The first kappa shape index (κ1) is 15.9. The third kappa shape index (κ3) is 2.54. The number of fused-ring (bicyclic) bond motifs is 4. The van der Waals surface area contributed by atoms with Crippen molar-refractivity contribution in [3.8, 4) is 0 Å². The Kier molecular flexibility index (Phi) is 3.59. The number of hydrogen-bond donors (Lipinski definition) is 0. The molecule has 0 aliphatic heterocycles. The molecule has 0 saturated heterocycles. The van der Waals surface area contributed by atoms with Crippen LogP contribution in [0.4, 0.5) is 0 Å². The van der Waals surface area contributed by atoms with E-state index >= 15 is 0 Å². The van der Waals surface area contributed by atoms with Crippen LogP contribution >= 0.6 is 11.3 Å². The van der Waals surface area contributed by atoms with E-state index in [0.29, 0.717) is 27.8 Å². The van der Waals surface area contributed by atoms with Crippen LogP contribution in [0.5, 0.6) is 0 Å². The Morgan fingerprint density at radius 1 is 0.704 bits per heavy atom. The molecule has 0 unspecified atom stereocenters. The minimum absolute atomic E-state index is 0.114. The van der Waals surface area contributed by atoms with E-state index in [-0.39, 0.29) is 11.6 Å². The monoisotopic (exact) mass is 367 g/mol. The van der Waals surface area contributed by atoms with Gasteiger partial charge in [0.05, 0.1) is 15.8 Å². The lowest BCUT2D eigenvalue weighted by Gasteiger charge is -2.17. The van der Waals surface area contributed by atoms with E-state index in [1.54, 1.807) is 30.3 Å². The van der Waals surface area contributed by atoms with E-state index in [1.807, 2.05) is 48.6 Å². The molecule has 27 heavy (non-hydrogen) atoms. The fourth-order valence-corrected chi connectivity index (χ4v) is 4.27. The molecule has 4 aromatic rings. The first-order valence-electron chi connectivity index (χ1n) is 8.57. The molecule has 3 nitrogen and oxygen atoms in total. The summed E-state index contributed by atoms with van der Waals surface area (Å²) in [5.41, 5.74) is 3.48. The lowest BCUT2D eigenvalue weighted by atomic mass is 9.83. The van der Waals surface area contributed by atoms with Crippen molar-refractivity contribution in [1.82, 2.24) is 4.98 Å². The molecule has 0 saturated carbocycles. The average Bonchev–Trinajstić information content (AvgIpc) is 3.14. The molecule has 1 aliphatic carbocycles. The summed E-state index contributed by atoms with van der Waals surface area (Å²) in [6, 6.07) is 20.6. The normalized spacial score (nSPS) is 13.2. The zero-order valence-corrected chi connectivity index (χ0v) is 15.0. The van der Waals surface area contributed by atoms with Crippen molar-refractivity contribution in [3.05, 3.63) is 99.6 Å². The van der Waals surface area contributed by atoms with Crippen LogP contribution in [0.3, 0.4) is 0 Å². The summed E-state index contributed by atoms with van der Waals surface area (Å²) in [7, 11) is 0. The van der Waals surface area contributed by atoms with Gasteiger partial charge in [0.25, 0.3) is 0 Å². The van der Waals surface area contributed by atoms with Crippen molar-refractivity contribution < 1.29 is 9.59 Å². The van der Waals surface area contributed by atoms with Crippen molar-refractivity contribution >= 4 is 45.3 Å².